The molecule has 0 aromatic heterocycles. The summed E-state index contributed by atoms with van der Waals surface area (Å²) in [5, 5.41) is 3.05. The van der Waals surface area contributed by atoms with Crippen LogP contribution in [0.2, 0.25) is 0 Å². The fourth-order valence-electron chi connectivity index (χ4n) is 4.40. The molecular formula is C29H43NO4. The number of nitrogens with one attached hydrogen (secondary N) is 1. The molecule has 1 aromatic carbocycles. The SMILES string of the molecule is C=C/C1=C(\C=C/C)OCc2cc(cc(OC)c2)CCCOC(C(C)(C)C(C)(C)CCC)C(=O)N1. The molecule has 0 saturated heterocycles. The summed E-state index contributed by atoms with van der Waals surface area (Å²) in [5.41, 5.74) is 2.19. The average molecular weight is 470 g/mol. The van der Waals surface area contributed by atoms with E-state index in [1.807, 2.05) is 31.2 Å². The lowest BCUT2D eigenvalue weighted by Crippen LogP contribution is -2.52. The molecule has 1 aliphatic heterocycles. The van der Waals surface area contributed by atoms with Gasteiger partial charge in [0.05, 0.1) is 12.8 Å². The second-order valence-corrected chi connectivity index (χ2v) is 10.2. The van der Waals surface area contributed by atoms with Crippen molar-refractivity contribution in [3.63, 3.8) is 0 Å². The molecule has 0 saturated carbocycles. The summed E-state index contributed by atoms with van der Waals surface area (Å²) in [6, 6.07) is 6.16. The number of fused-ring (bicyclic) bond motifs is 2. The van der Waals surface area contributed by atoms with Gasteiger partial charge >= 0.3 is 0 Å². The van der Waals surface area contributed by atoms with E-state index in [0.717, 1.165) is 42.6 Å². The highest BCUT2D eigenvalue weighted by atomic mass is 16.5. The van der Waals surface area contributed by atoms with Crippen molar-refractivity contribution >= 4 is 5.91 Å². The fraction of sp³-hybridized carbons (Fsp3) is 0.552. The van der Waals surface area contributed by atoms with Crippen molar-refractivity contribution in [1.29, 1.82) is 0 Å². The highest BCUT2D eigenvalue weighted by molar-refractivity contribution is 5.84. The standard InChI is InChI=1S/C29H43NO4/c1-9-13-25-24(11-3)30-27(31)26(29(6,7)28(4,5)15-10-2)33-16-12-14-21-17-22(20-34-25)19-23(18-21)32-8/h9,11,13,17-19,26H,3,10,12,14-16,20H2,1-2,4-8H3,(H,30,31)/b13-9-,25-24-. The Morgan fingerprint density at radius 1 is 1.21 bits per heavy atom. The molecule has 0 radical (unpaired) electrons. The monoisotopic (exact) mass is 469 g/mol. The molecule has 2 rings (SSSR count). The maximum atomic E-state index is 13.6. The third-order valence-electron chi connectivity index (χ3n) is 7.11. The first-order chi connectivity index (χ1) is 16.1. The largest absolute Gasteiger partial charge is 0.497 e. The second kappa shape index (κ2) is 12.3. The number of hydrogen-bond acceptors (Lipinski definition) is 4. The van der Waals surface area contributed by atoms with Crippen LogP contribution in [0.5, 0.6) is 5.75 Å². The van der Waals surface area contributed by atoms with E-state index in [4.69, 9.17) is 14.2 Å². The topological polar surface area (TPSA) is 56.8 Å². The van der Waals surface area contributed by atoms with Crippen LogP contribution in [-0.2, 0) is 27.3 Å². The minimum atomic E-state index is -0.625. The smallest absolute Gasteiger partial charge is 0.254 e. The van der Waals surface area contributed by atoms with Crippen molar-refractivity contribution in [2.45, 2.75) is 79.9 Å². The van der Waals surface area contributed by atoms with Crippen LogP contribution >= 0.6 is 0 Å². The number of aryl methyl sites for hydroxylation is 1. The van der Waals surface area contributed by atoms with Gasteiger partial charge in [0, 0.05) is 12.0 Å². The molecule has 0 fully saturated rings. The lowest BCUT2D eigenvalue weighted by molar-refractivity contribution is -0.149. The number of carbonyl (C=O) groups excluding carboxylic acids is 1. The van der Waals surface area contributed by atoms with E-state index in [2.05, 4.69) is 52.6 Å². The van der Waals surface area contributed by atoms with E-state index in [1.54, 1.807) is 13.2 Å². The van der Waals surface area contributed by atoms with Crippen LogP contribution in [0.15, 0.2) is 54.5 Å². The Balaban J connectivity index is 2.51. The number of ether oxygens (including phenoxy) is 3. The van der Waals surface area contributed by atoms with Crippen molar-refractivity contribution in [2.24, 2.45) is 10.8 Å². The van der Waals surface area contributed by atoms with Crippen LogP contribution in [0.3, 0.4) is 0 Å². The van der Waals surface area contributed by atoms with E-state index in [0.29, 0.717) is 24.7 Å². The van der Waals surface area contributed by atoms with Gasteiger partial charge in [-0.1, -0.05) is 59.8 Å². The molecule has 0 aliphatic carbocycles. The zero-order chi connectivity index (χ0) is 25.4. The summed E-state index contributed by atoms with van der Waals surface area (Å²) in [4.78, 5) is 13.6. The van der Waals surface area contributed by atoms with Crippen LogP contribution in [0.25, 0.3) is 0 Å². The normalized spacial score (nSPS) is 20.9. The molecule has 1 atom stereocenters. The number of benzene rings is 1. The Kier molecular flexibility index (Phi) is 9.99. The Morgan fingerprint density at radius 2 is 1.91 bits per heavy atom. The van der Waals surface area contributed by atoms with Crippen LogP contribution in [0.1, 0.15) is 71.9 Å². The molecule has 1 heterocycles. The van der Waals surface area contributed by atoms with Gasteiger partial charge in [0.1, 0.15) is 24.2 Å². The summed E-state index contributed by atoms with van der Waals surface area (Å²) in [6.07, 6.45) is 8.38. The molecule has 5 heteroatoms. The third kappa shape index (κ3) is 6.75. The Bertz CT molecular complexity index is 911. The molecule has 1 amide bonds. The van der Waals surface area contributed by atoms with Gasteiger partial charge in [-0.2, -0.15) is 0 Å². The number of rotatable bonds is 7. The van der Waals surface area contributed by atoms with Gasteiger partial charge in [-0.15, -0.1) is 0 Å². The van der Waals surface area contributed by atoms with Gasteiger partial charge in [-0.25, -0.2) is 0 Å². The number of methoxy groups -OCH3 is 1. The van der Waals surface area contributed by atoms with Crippen molar-refractivity contribution in [1.82, 2.24) is 5.32 Å². The molecule has 2 bridgehead atoms. The molecule has 5 nitrogen and oxygen atoms in total. The maximum absolute atomic E-state index is 13.6. The molecule has 188 valence electrons. The predicted octanol–water partition coefficient (Wildman–Crippen LogP) is 6.49. The first-order valence-corrected chi connectivity index (χ1v) is 12.3. The summed E-state index contributed by atoms with van der Waals surface area (Å²) >= 11 is 0. The zero-order valence-corrected chi connectivity index (χ0v) is 22.1. The highest BCUT2D eigenvalue weighted by Gasteiger charge is 2.46. The minimum Gasteiger partial charge on any atom is -0.497 e. The lowest BCUT2D eigenvalue weighted by atomic mass is 9.62. The number of amides is 1. The van der Waals surface area contributed by atoms with E-state index < -0.39 is 11.5 Å². The highest BCUT2D eigenvalue weighted by Crippen LogP contribution is 2.46. The van der Waals surface area contributed by atoms with Gasteiger partial charge in [0.25, 0.3) is 5.91 Å². The summed E-state index contributed by atoms with van der Waals surface area (Å²) in [7, 11) is 1.67. The number of hydrogen-bond donors (Lipinski definition) is 1. The first kappa shape index (κ1) is 27.7. The fourth-order valence-corrected chi connectivity index (χ4v) is 4.40. The van der Waals surface area contributed by atoms with Crippen LogP contribution in [0, 0.1) is 10.8 Å². The summed E-state index contributed by atoms with van der Waals surface area (Å²) in [5.74, 6) is 1.18. The van der Waals surface area contributed by atoms with E-state index in [9.17, 15) is 4.79 Å². The maximum Gasteiger partial charge on any atom is 0.254 e. The van der Waals surface area contributed by atoms with Crippen molar-refractivity contribution in [2.75, 3.05) is 13.7 Å². The van der Waals surface area contributed by atoms with Crippen molar-refractivity contribution < 1.29 is 19.0 Å². The van der Waals surface area contributed by atoms with Gasteiger partial charge in [-0.05, 0) is 67.0 Å². The quantitative estimate of drug-likeness (QED) is 0.496. The van der Waals surface area contributed by atoms with E-state index >= 15 is 0 Å². The third-order valence-corrected chi connectivity index (χ3v) is 7.11. The summed E-state index contributed by atoms with van der Waals surface area (Å²) in [6.45, 7) is 17.5. The Morgan fingerprint density at radius 3 is 2.53 bits per heavy atom. The molecule has 34 heavy (non-hydrogen) atoms. The summed E-state index contributed by atoms with van der Waals surface area (Å²) < 4.78 is 18.0. The first-order valence-electron chi connectivity index (χ1n) is 12.3. The van der Waals surface area contributed by atoms with Crippen LogP contribution < -0.4 is 10.1 Å². The predicted molar refractivity (Wildman–Crippen MR) is 138 cm³/mol. The number of carbonyl (C=O) groups is 1. The molecule has 0 spiro atoms. The Labute approximate surface area is 206 Å². The van der Waals surface area contributed by atoms with Gasteiger partial charge in [-0.3, -0.25) is 4.79 Å². The zero-order valence-electron chi connectivity index (χ0n) is 22.1. The molecule has 1 aliphatic rings. The lowest BCUT2D eigenvalue weighted by Gasteiger charge is -2.46. The van der Waals surface area contributed by atoms with Gasteiger partial charge in [0.2, 0.25) is 0 Å². The van der Waals surface area contributed by atoms with Crippen LogP contribution in [0.4, 0.5) is 0 Å². The second-order valence-electron chi connectivity index (χ2n) is 10.2. The molecule has 1 unspecified atom stereocenters. The van der Waals surface area contributed by atoms with Crippen molar-refractivity contribution in [3.8, 4) is 5.75 Å². The van der Waals surface area contributed by atoms with Gasteiger partial charge < -0.3 is 19.5 Å². The average Bonchev–Trinajstić information content (AvgIpc) is 2.79. The molecule has 1 N–H and O–H groups in total. The number of allylic oxidation sites excluding steroid dienone is 3. The van der Waals surface area contributed by atoms with Crippen LogP contribution in [-0.4, -0.2) is 25.7 Å². The minimum absolute atomic E-state index is 0.0996. The molecule has 1 aromatic rings. The van der Waals surface area contributed by atoms with E-state index in [1.165, 1.54) is 0 Å². The van der Waals surface area contributed by atoms with E-state index in [-0.39, 0.29) is 11.3 Å². The van der Waals surface area contributed by atoms with Gasteiger partial charge in [0.15, 0.2) is 0 Å². The van der Waals surface area contributed by atoms with Crippen molar-refractivity contribution in [3.05, 3.63) is 65.6 Å². The Hall–Kier alpha value is -2.53. The molecular weight excluding hydrogens is 426 g/mol.